The van der Waals surface area contributed by atoms with E-state index in [9.17, 15) is 0 Å². The lowest BCUT2D eigenvalue weighted by Crippen LogP contribution is -2.20. The van der Waals surface area contributed by atoms with Gasteiger partial charge in [0.2, 0.25) is 0 Å². The molecule has 1 unspecified atom stereocenters. The van der Waals surface area contributed by atoms with E-state index in [1.165, 1.54) is 47.9 Å². The van der Waals surface area contributed by atoms with Crippen molar-refractivity contribution in [2.75, 3.05) is 13.2 Å². The molecule has 1 aliphatic carbocycles. The topological polar surface area (TPSA) is 35.2 Å². The van der Waals surface area contributed by atoms with E-state index >= 15 is 0 Å². The number of benzene rings is 2. The SMILES string of the molecule is CCCC(CN)c1ccc2c(c1)CC[C@H](COCc1ccccc1)C2. The third-order valence-corrected chi connectivity index (χ3v) is 5.42. The minimum absolute atomic E-state index is 0.516. The molecule has 0 aliphatic heterocycles. The maximum absolute atomic E-state index is 5.98. The van der Waals surface area contributed by atoms with Crippen molar-refractivity contribution in [3.05, 3.63) is 70.8 Å². The summed E-state index contributed by atoms with van der Waals surface area (Å²) in [6.07, 6.45) is 5.93. The Kier molecular flexibility index (Phi) is 6.66. The molecule has 2 aromatic carbocycles. The van der Waals surface area contributed by atoms with E-state index in [2.05, 4.69) is 49.4 Å². The Labute approximate surface area is 152 Å². The third kappa shape index (κ3) is 4.93. The zero-order valence-electron chi connectivity index (χ0n) is 15.4. The van der Waals surface area contributed by atoms with Gasteiger partial charge in [0.05, 0.1) is 13.2 Å². The van der Waals surface area contributed by atoms with E-state index in [1.54, 1.807) is 0 Å². The van der Waals surface area contributed by atoms with Gasteiger partial charge in [-0.05, 0) is 66.3 Å². The van der Waals surface area contributed by atoms with Crippen LogP contribution >= 0.6 is 0 Å². The number of nitrogens with two attached hydrogens (primary N) is 1. The molecule has 0 aromatic heterocycles. The van der Waals surface area contributed by atoms with Crippen LogP contribution in [-0.4, -0.2) is 13.2 Å². The molecule has 2 heteroatoms. The predicted octanol–water partition coefficient (Wildman–Crippen LogP) is 4.85. The van der Waals surface area contributed by atoms with Gasteiger partial charge < -0.3 is 10.5 Å². The Balaban J connectivity index is 1.54. The van der Waals surface area contributed by atoms with Gasteiger partial charge in [0.1, 0.15) is 0 Å². The highest BCUT2D eigenvalue weighted by Crippen LogP contribution is 2.30. The van der Waals surface area contributed by atoms with Crippen LogP contribution in [0.2, 0.25) is 0 Å². The van der Waals surface area contributed by atoms with Crippen molar-refractivity contribution in [1.29, 1.82) is 0 Å². The minimum Gasteiger partial charge on any atom is -0.376 e. The Morgan fingerprint density at radius 1 is 1.12 bits per heavy atom. The molecule has 0 bridgehead atoms. The summed E-state index contributed by atoms with van der Waals surface area (Å²) in [5.74, 6) is 1.16. The molecule has 1 aliphatic rings. The lowest BCUT2D eigenvalue weighted by molar-refractivity contribution is 0.0823. The van der Waals surface area contributed by atoms with Crippen LogP contribution in [0, 0.1) is 5.92 Å². The van der Waals surface area contributed by atoms with Crippen LogP contribution in [0.4, 0.5) is 0 Å². The van der Waals surface area contributed by atoms with Gasteiger partial charge in [0.15, 0.2) is 0 Å². The second-order valence-electron chi connectivity index (χ2n) is 7.36. The highest BCUT2D eigenvalue weighted by molar-refractivity contribution is 5.36. The van der Waals surface area contributed by atoms with E-state index in [0.717, 1.165) is 26.2 Å². The van der Waals surface area contributed by atoms with Crippen LogP contribution in [0.1, 0.15) is 54.4 Å². The Bertz CT molecular complexity index is 652. The van der Waals surface area contributed by atoms with Crippen molar-refractivity contribution in [3.8, 4) is 0 Å². The summed E-state index contributed by atoms with van der Waals surface area (Å²) < 4.78 is 5.97. The molecular weight excluding hydrogens is 306 g/mol. The molecule has 3 rings (SSSR count). The quantitative estimate of drug-likeness (QED) is 0.747. The highest BCUT2D eigenvalue weighted by atomic mass is 16.5. The number of hydrogen-bond acceptors (Lipinski definition) is 2. The molecule has 134 valence electrons. The number of aryl methyl sites for hydroxylation is 1. The normalized spacial score (nSPS) is 17.9. The van der Waals surface area contributed by atoms with Crippen molar-refractivity contribution in [3.63, 3.8) is 0 Å². The van der Waals surface area contributed by atoms with Crippen LogP contribution in [0.25, 0.3) is 0 Å². The van der Waals surface area contributed by atoms with Gasteiger partial charge in [0.25, 0.3) is 0 Å². The van der Waals surface area contributed by atoms with E-state index < -0.39 is 0 Å². The van der Waals surface area contributed by atoms with Crippen molar-refractivity contribution in [1.82, 2.24) is 0 Å². The molecule has 2 N–H and O–H groups in total. The zero-order valence-corrected chi connectivity index (χ0v) is 15.4. The maximum atomic E-state index is 5.98. The third-order valence-electron chi connectivity index (χ3n) is 5.42. The van der Waals surface area contributed by atoms with E-state index in [4.69, 9.17) is 10.5 Å². The molecule has 0 amide bonds. The first-order valence-corrected chi connectivity index (χ1v) is 9.73. The fourth-order valence-corrected chi connectivity index (χ4v) is 3.93. The lowest BCUT2D eigenvalue weighted by Gasteiger charge is -2.26. The molecule has 2 nitrogen and oxygen atoms in total. The Hall–Kier alpha value is -1.64. The van der Waals surface area contributed by atoms with E-state index in [1.807, 2.05) is 6.07 Å². The first kappa shape index (κ1) is 18.2. The maximum Gasteiger partial charge on any atom is 0.0717 e. The smallest absolute Gasteiger partial charge is 0.0717 e. The summed E-state index contributed by atoms with van der Waals surface area (Å²) in [6.45, 7) is 4.57. The average Bonchev–Trinajstić information content (AvgIpc) is 2.66. The first-order chi connectivity index (χ1) is 12.3. The Morgan fingerprint density at radius 3 is 2.72 bits per heavy atom. The molecule has 0 heterocycles. The van der Waals surface area contributed by atoms with Gasteiger partial charge in [-0.1, -0.05) is 61.9 Å². The number of ether oxygens (including phenoxy) is 1. The van der Waals surface area contributed by atoms with Crippen LogP contribution in [0.3, 0.4) is 0 Å². The predicted molar refractivity (Wildman–Crippen MR) is 105 cm³/mol. The van der Waals surface area contributed by atoms with Gasteiger partial charge in [-0.2, -0.15) is 0 Å². The largest absolute Gasteiger partial charge is 0.376 e. The van der Waals surface area contributed by atoms with Gasteiger partial charge in [0, 0.05) is 0 Å². The monoisotopic (exact) mass is 337 g/mol. The number of rotatable bonds is 8. The first-order valence-electron chi connectivity index (χ1n) is 9.73. The van der Waals surface area contributed by atoms with Crippen LogP contribution in [-0.2, 0) is 24.2 Å². The average molecular weight is 338 g/mol. The van der Waals surface area contributed by atoms with Gasteiger partial charge in [-0.25, -0.2) is 0 Å². The second kappa shape index (κ2) is 9.17. The van der Waals surface area contributed by atoms with Gasteiger partial charge in [-0.3, -0.25) is 0 Å². The summed E-state index contributed by atoms with van der Waals surface area (Å²) in [6, 6.07) is 17.5. The lowest BCUT2D eigenvalue weighted by atomic mass is 9.82. The van der Waals surface area contributed by atoms with Crippen molar-refractivity contribution in [2.45, 2.75) is 51.6 Å². The number of hydrogen-bond donors (Lipinski definition) is 1. The van der Waals surface area contributed by atoms with Crippen molar-refractivity contribution in [2.24, 2.45) is 11.7 Å². The van der Waals surface area contributed by atoms with E-state index in [-0.39, 0.29) is 0 Å². The number of fused-ring (bicyclic) bond motifs is 1. The molecule has 2 atom stereocenters. The van der Waals surface area contributed by atoms with Gasteiger partial charge >= 0.3 is 0 Å². The summed E-state index contributed by atoms with van der Waals surface area (Å²) >= 11 is 0. The minimum atomic E-state index is 0.516. The fourth-order valence-electron chi connectivity index (χ4n) is 3.93. The van der Waals surface area contributed by atoms with Crippen LogP contribution in [0.5, 0.6) is 0 Å². The van der Waals surface area contributed by atoms with Crippen molar-refractivity contribution >= 4 is 0 Å². The van der Waals surface area contributed by atoms with Crippen molar-refractivity contribution < 1.29 is 4.74 Å². The molecule has 0 saturated heterocycles. The zero-order chi connectivity index (χ0) is 17.5. The van der Waals surface area contributed by atoms with Crippen LogP contribution < -0.4 is 5.73 Å². The summed E-state index contributed by atoms with van der Waals surface area (Å²) in [5, 5.41) is 0. The molecule has 0 radical (unpaired) electrons. The second-order valence-corrected chi connectivity index (χ2v) is 7.36. The highest BCUT2D eigenvalue weighted by Gasteiger charge is 2.20. The summed E-state index contributed by atoms with van der Waals surface area (Å²) in [7, 11) is 0. The van der Waals surface area contributed by atoms with E-state index in [0.29, 0.717) is 11.8 Å². The van der Waals surface area contributed by atoms with Crippen LogP contribution in [0.15, 0.2) is 48.5 Å². The Morgan fingerprint density at radius 2 is 1.96 bits per heavy atom. The molecule has 0 fully saturated rings. The molecule has 0 saturated carbocycles. The molecular formula is C23H31NO. The fraction of sp³-hybridized carbons (Fsp3) is 0.478. The van der Waals surface area contributed by atoms with Gasteiger partial charge in [-0.15, -0.1) is 0 Å². The summed E-state index contributed by atoms with van der Waals surface area (Å²) in [5.41, 5.74) is 11.7. The summed E-state index contributed by atoms with van der Waals surface area (Å²) in [4.78, 5) is 0. The molecule has 2 aromatic rings. The standard InChI is InChI=1S/C23H31NO/c1-2-6-23(15-24)22-12-11-20-13-19(9-10-21(20)14-22)17-25-16-18-7-4-3-5-8-18/h3-5,7-8,11-12,14,19,23H,2,6,9-10,13,15-17,24H2,1H3/t19-,23?/m0/s1. The molecule has 25 heavy (non-hydrogen) atoms. The molecule has 0 spiro atoms.